The van der Waals surface area contributed by atoms with Crippen LogP contribution in [0.15, 0.2) is 51.7 Å². The quantitative estimate of drug-likeness (QED) is 0.369. The van der Waals surface area contributed by atoms with E-state index in [4.69, 9.17) is 13.9 Å². The molecular weight excluding hydrogens is 332 g/mol. The molecule has 1 heterocycles. The zero-order valence-corrected chi connectivity index (χ0v) is 15.4. The first-order valence-electron chi connectivity index (χ1n) is 9.02. The van der Waals surface area contributed by atoms with Crippen LogP contribution in [0.25, 0.3) is 11.0 Å². The van der Waals surface area contributed by atoms with Gasteiger partial charge in [-0.1, -0.05) is 38.2 Å². The largest absolute Gasteiger partial charge is 0.508 e. The number of benzene rings is 1. The minimum Gasteiger partial charge on any atom is -0.508 e. The number of hydrogen-bond acceptors (Lipinski definition) is 5. The van der Waals surface area contributed by atoms with Crippen molar-refractivity contribution in [1.29, 1.82) is 0 Å². The number of allylic oxidation sites excluding steroid dienone is 2. The molecule has 140 valence electrons. The number of hydrogen-bond donors (Lipinski definition) is 1. The number of phenolic OH excluding ortho intramolecular Hbond substituents is 1. The van der Waals surface area contributed by atoms with E-state index in [1.807, 2.05) is 18.2 Å². The van der Waals surface area contributed by atoms with E-state index < -0.39 is 5.63 Å². The van der Waals surface area contributed by atoms with Gasteiger partial charge in [0.05, 0.1) is 18.6 Å². The number of ether oxygens (including phenoxy) is 2. The van der Waals surface area contributed by atoms with Crippen LogP contribution in [0.2, 0.25) is 0 Å². The highest BCUT2D eigenvalue weighted by Crippen LogP contribution is 2.34. The van der Waals surface area contributed by atoms with E-state index in [1.165, 1.54) is 12.1 Å². The van der Waals surface area contributed by atoms with E-state index in [9.17, 15) is 9.90 Å². The first-order chi connectivity index (χ1) is 12.7. The van der Waals surface area contributed by atoms with Crippen LogP contribution in [-0.4, -0.2) is 18.3 Å². The average molecular weight is 358 g/mol. The summed E-state index contributed by atoms with van der Waals surface area (Å²) < 4.78 is 16.8. The molecule has 5 heteroatoms. The third-order valence-corrected chi connectivity index (χ3v) is 3.67. The van der Waals surface area contributed by atoms with Gasteiger partial charge in [-0.25, -0.2) is 4.79 Å². The molecule has 1 aromatic heterocycles. The molecule has 0 aliphatic rings. The zero-order chi connectivity index (χ0) is 18.8. The maximum absolute atomic E-state index is 12.3. The molecule has 0 bridgehead atoms. The molecular formula is C21H26O5. The zero-order valence-electron chi connectivity index (χ0n) is 15.4. The lowest BCUT2D eigenvalue weighted by Crippen LogP contribution is -2.11. The Morgan fingerprint density at radius 1 is 0.962 bits per heavy atom. The highest BCUT2D eigenvalue weighted by molar-refractivity contribution is 5.86. The van der Waals surface area contributed by atoms with Crippen LogP contribution in [0.1, 0.15) is 39.5 Å². The van der Waals surface area contributed by atoms with Crippen LogP contribution < -0.4 is 15.1 Å². The third kappa shape index (κ3) is 5.41. The summed E-state index contributed by atoms with van der Waals surface area (Å²) in [5.41, 5.74) is -0.339. The van der Waals surface area contributed by atoms with Crippen LogP contribution in [0.4, 0.5) is 0 Å². The predicted molar refractivity (Wildman–Crippen MR) is 103 cm³/mol. The lowest BCUT2D eigenvalue weighted by atomic mass is 10.2. The third-order valence-electron chi connectivity index (χ3n) is 3.67. The molecule has 0 saturated carbocycles. The molecule has 0 amide bonds. The topological polar surface area (TPSA) is 68.9 Å². The SMILES string of the molecule is CCC=CCCOc1c(OCCC=CCC)c2ccc(O)cc2oc1=O. The van der Waals surface area contributed by atoms with Crippen molar-refractivity contribution in [3.05, 3.63) is 52.9 Å². The molecule has 0 spiro atoms. The van der Waals surface area contributed by atoms with Crippen LogP contribution in [0.5, 0.6) is 17.2 Å². The second-order valence-electron chi connectivity index (χ2n) is 5.76. The Balaban J connectivity index is 2.28. The lowest BCUT2D eigenvalue weighted by molar-refractivity contribution is 0.265. The van der Waals surface area contributed by atoms with Crippen LogP contribution in [-0.2, 0) is 0 Å². The van der Waals surface area contributed by atoms with E-state index >= 15 is 0 Å². The van der Waals surface area contributed by atoms with Crippen molar-refractivity contribution in [2.24, 2.45) is 0 Å². The molecule has 0 aliphatic heterocycles. The van der Waals surface area contributed by atoms with Gasteiger partial charge in [0, 0.05) is 6.07 Å². The van der Waals surface area contributed by atoms with Gasteiger partial charge in [0.2, 0.25) is 5.75 Å². The Bertz CT molecular complexity index is 817. The molecule has 2 aromatic rings. The van der Waals surface area contributed by atoms with E-state index in [2.05, 4.69) is 19.9 Å². The van der Waals surface area contributed by atoms with Gasteiger partial charge in [0.1, 0.15) is 11.3 Å². The molecule has 0 radical (unpaired) electrons. The van der Waals surface area contributed by atoms with Gasteiger partial charge in [-0.3, -0.25) is 0 Å². The Morgan fingerprint density at radius 3 is 2.19 bits per heavy atom. The number of phenols is 1. The van der Waals surface area contributed by atoms with E-state index in [1.54, 1.807) is 6.07 Å². The highest BCUT2D eigenvalue weighted by Gasteiger charge is 2.18. The van der Waals surface area contributed by atoms with Crippen molar-refractivity contribution in [2.75, 3.05) is 13.2 Å². The van der Waals surface area contributed by atoms with Gasteiger partial charge in [-0.2, -0.15) is 0 Å². The van der Waals surface area contributed by atoms with E-state index in [-0.39, 0.29) is 17.1 Å². The summed E-state index contributed by atoms with van der Waals surface area (Å²) in [6.07, 6.45) is 11.5. The van der Waals surface area contributed by atoms with Gasteiger partial charge >= 0.3 is 5.63 Å². The Kier molecular flexibility index (Phi) is 7.80. The summed E-state index contributed by atoms with van der Waals surface area (Å²) in [5, 5.41) is 10.2. The predicted octanol–water partition coefficient (Wildman–Crippen LogP) is 4.97. The maximum Gasteiger partial charge on any atom is 0.383 e. The van der Waals surface area contributed by atoms with Gasteiger partial charge in [-0.15, -0.1) is 0 Å². The number of fused-ring (bicyclic) bond motifs is 1. The van der Waals surface area contributed by atoms with Gasteiger partial charge in [-0.05, 0) is 37.8 Å². The smallest absolute Gasteiger partial charge is 0.383 e. The molecule has 2 rings (SSSR count). The summed E-state index contributed by atoms with van der Waals surface area (Å²) in [6.45, 7) is 4.90. The van der Waals surface area contributed by atoms with Gasteiger partial charge < -0.3 is 19.0 Å². The molecule has 0 aliphatic carbocycles. The van der Waals surface area contributed by atoms with Crippen molar-refractivity contribution in [3.8, 4) is 17.2 Å². The Morgan fingerprint density at radius 2 is 1.58 bits per heavy atom. The van der Waals surface area contributed by atoms with Crippen LogP contribution in [0.3, 0.4) is 0 Å². The highest BCUT2D eigenvalue weighted by atomic mass is 16.5. The molecule has 0 unspecified atom stereocenters. The van der Waals surface area contributed by atoms with Crippen molar-refractivity contribution >= 4 is 11.0 Å². The van der Waals surface area contributed by atoms with E-state index in [0.717, 1.165) is 19.3 Å². The van der Waals surface area contributed by atoms with Crippen molar-refractivity contribution < 1.29 is 19.0 Å². The average Bonchev–Trinajstić information content (AvgIpc) is 2.62. The fourth-order valence-corrected chi connectivity index (χ4v) is 2.44. The number of aromatic hydroxyl groups is 1. The van der Waals surface area contributed by atoms with E-state index in [0.29, 0.717) is 30.8 Å². The minimum absolute atomic E-state index is 0.0239. The van der Waals surface area contributed by atoms with Crippen LogP contribution in [0, 0.1) is 0 Å². The molecule has 0 saturated heterocycles. The summed E-state index contributed by atoms with van der Waals surface area (Å²) >= 11 is 0. The second kappa shape index (κ2) is 10.3. The van der Waals surface area contributed by atoms with Gasteiger partial charge in [0.25, 0.3) is 0 Å². The second-order valence-corrected chi connectivity index (χ2v) is 5.76. The summed E-state index contributed by atoms with van der Waals surface area (Å²) in [6, 6.07) is 4.59. The first kappa shape index (κ1) is 19.6. The van der Waals surface area contributed by atoms with Crippen molar-refractivity contribution in [3.63, 3.8) is 0 Å². The summed E-state index contributed by atoms with van der Waals surface area (Å²) in [5.74, 6) is 0.462. The standard InChI is InChI=1S/C21H26O5/c1-3-5-7-9-13-24-19-17-12-11-16(22)15-18(17)26-21(23)20(19)25-14-10-8-6-4-2/h5-8,11-12,15,22H,3-4,9-10,13-14H2,1-2H3. The monoisotopic (exact) mass is 358 g/mol. The minimum atomic E-state index is -0.610. The maximum atomic E-state index is 12.3. The fourth-order valence-electron chi connectivity index (χ4n) is 2.44. The van der Waals surface area contributed by atoms with Crippen molar-refractivity contribution in [2.45, 2.75) is 39.5 Å². The molecule has 5 nitrogen and oxygen atoms in total. The molecule has 1 aromatic carbocycles. The summed E-state index contributed by atoms with van der Waals surface area (Å²) in [4.78, 5) is 12.3. The summed E-state index contributed by atoms with van der Waals surface area (Å²) in [7, 11) is 0. The molecule has 0 fully saturated rings. The molecule has 26 heavy (non-hydrogen) atoms. The first-order valence-corrected chi connectivity index (χ1v) is 9.02. The molecule has 1 N–H and O–H groups in total. The normalized spacial score (nSPS) is 11.6. The Hall–Kier alpha value is -2.69. The Labute approximate surface area is 153 Å². The fraction of sp³-hybridized carbons (Fsp3) is 0.381. The number of rotatable bonds is 10. The van der Waals surface area contributed by atoms with Gasteiger partial charge in [0.15, 0.2) is 5.75 Å². The van der Waals surface area contributed by atoms with Crippen molar-refractivity contribution in [1.82, 2.24) is 0 Å². The van der Waals surface area contributed by atoms with Crippen LogP contribution >= 0.6 is 0 Å². The lowest BCUT2D eigenvalue weighted by Gasteiger charge is -2.13. The molecule has 0 atom stereocenters.